The van der Waals surface area contributed by atoms with Gasteiger partial charge in [-0.05, 0) is 56.3 Å². The highest BCUT2D eigenvalue weighted by atomic mass is 16.2. The molecule has 4 heterocycles. The Morgan fingerprint density at radius 3 is 2.69 bits per heavy atom. The molecule has 7 nitrogen and oxygen atoms in total. The van der Waals surface area contributed by atoms with Crippen molar-refractivity contribution in [3.05, 3.63) is 72.9 Å². The van der Waals surface area contributed by atoms with Crippen molar-refractivity contribution in [2.75, 3.05) is 25.0 Å². The average molecular weight is 427 g/mol. The zero-order chi connectivity index (χ0) is 21.9. The lowest BCUT2D eigenvalue weighted by Crippen LogP contribution is -2.38. The minimum absolute atomic E-state index is 0.0191. The summed E-state index contributed by atoms with van der Waals surface area (Å²) in [5, 5.41) is 8.27. The molecule has 7 heteroatoms. The van der Waals surface area contributed by atoms with Crippen molar-refractivity contribution in [3.8, 4) is 11.1 Å². The van der Waals surface area contributed by atoms with Crippen LogP contribution < -0.4 is 5.32 Å². The number of carbonyl (C=O) groups excluding carboxylic acids is 1. The van der Waals surface area contributed by atoms with Crippen LogP contribution in [0.25, 0.3) is 22.0 Å². The van der Waals surface area contributed by atoms with E-state index in [1.54, 1.807) is 10.9 Å². The van der Waals surface area contributed by atoms with Crippen LogP contribution in [-0.4, -0.2) is 50.2 Å². The van der Waals surface area contributed by atoms with Crippen LogP contribution in [0.3, 0.4) is 0 Å². The van der Waals surface area contributed by atoms with E-state index in [0.29, 0.717) is 12.5 Å². The number of fused-ring (bicyclic) bond motifs is 1. The molecule has 3 aromatic heterocycles. The van der Waals surface area contributed by atoms with E-state index in [2.05, 4.69) is 32.4 Å². The molecule has 0 spiro atoms. The van der Waals surface area contributed by atoms with Crippen molar-refractivity contribution in [1.82, 2.24) is 24.6 Å². The fourth-order valence-electron chi connectivity index (χ4n) is 4.33. The SMILES string of the molecule is Cn1cc(-c2ccc(C3CCN(CC(=O)Nc4ccc5ncccc5c4)CC3)nc2)cn1. The Bertz CT molecular complexity index is 1220. The van der Waals surface area contributed by atoms with Gasteiger partial charge in [0.25, 0.3) is 0 Å². The zero-order valence-corrected chi connectivity index (χ0v) is 18.1. The molecule has 0 bridgehead atoms. The molecule has 1 aromatic carbocycles. The molecule has 1 saturated heterocycles. The van der Waals surface area contributed by atoms with E-state index in [9.17, 15) is 4.79 Å². The maximum atomic E-state index is 12.6. The Balaban J connectivity index is 1.13. The van der Waals surface area contributed by atoms with Crippen LogP contribution in [0.15, 0.2) is 67.3 Å². The lowest BCUT2D eigenvalue weighted by molar-refractivity contribution is -0.117. The van der Waals surface area contributed by atoms with Crippen molar-refractivity contribution >= 4 is 22.5 Å². The summed E-state index contributed by atoms with van der Waals surface area (Å²) in [6, 6.07) is 14.0. The molecular weight excluding hydrogens is 400 g/mol. The molecule has 0 unspecified atom stereocenters. The van der Waals surface area contributed by atoms with Gasteiger partial charge in [-0.25, -0.2) is 0 Å². The fourth-order valence-corrected chi connectivity index (χ4v) is 4.33. The van der Waals surface area contributed by atoms with Gasteiger partial charge in [0.1, 0.15) is 0 Å². The maximum absolute atomic E-state index is 12.6. The van der Waals surface area contributed by atoms with Crippen LogP contribution >= 0.6 is 0 Å². The van der Waals surface area contributed by atoms with E-state index < -0.39 is 0 Å². The van der Waals surface area contributed by atoms with E-state index in [1.165, 1.54) is 0 Å². The third-order valence-electron chi connectivity index (χ3n) is 6.08. The van der Waals surface area contributed by atoms with Gasteiger partial charge in [0.15, 0.2) is 0 Å². The number of amides is 1. The van der Waals surface area contributed by atoms with Gasteiger partial charge in [-0.2, -0.15) is 5.10 Å². The largest absolute Gasteiger partial charge is 0.325 e. The summed E-state index contributed by atoms with van der Waals surface area (Å²) in [5.74, 6) is 0.455. The number of rotatable bonds is 5. The number of hydrogen-bond acceptors (Lipinski definition) is 5. The summed E-state index contributed by atoms with van der Waals surface area (Å²) in [7, 11) is 1.92. The standard InChI is InChI=1S/C25H26N6O/c1-30-16-21(15-28-30)20-4-6-23(27-14-20)18-8-11-31(12-9-18)17-25(32)29-22-5-7-24-19(13-22)3-2-10-26-24/h2-7,10,13-16,18H,8-9,11-12,17H2,1H3,(H,29,32). The van der Waals surface area contributed by atoms with E-state index >= 15 is 0 Å². The summed E-state index contributed by atoms with van der Waals surface area (Å²) in [6.07, 6.45) is 9.58. The van der Waals surface area contributed by atoms with Crippen molar-refractivity contribution in [2.45, 2.75) is 18.8 Å². The molecule has 5 rings (SSSR count). The van der Waals surface area contributed by atoms with Gasteiger partial charge in [0, 0.05) is 59.5 Å². The molecule has 0 saturated carbocycles. The lowest BCUT2D eigenvalue weighted by Gasteiger charge is -2.31. The van der Waals surface area contributed by atoms with Crippen LogP contribution in [0.4, 0.5) is 5.69 Å². The minimum Gasteiger partial charge on any atom is -0.325 e. The number of likely N-dealkylation sites (tertiary alicyclic amines) is 1. The van der Waals surface area contributed by atoms with Crippen molar-refractivity contribution < 1.29 is 4.79 Å². The smallest absolute Gasteiger partial charge is 0.238 e. The van der Waals surface area contributed by atoms with Crippen LogP contribution in [0.1, 0.15) is 24.5 Å². The van der Waals surface area contributed by atoms with Gasteiger partial charge >= 0.3 is 0 Å². The predicted octanol–water partition coefficient (Wildman–Crippen LogP) is 3.85. The Morgan fingerprint density at radius 1 is 1.06 bits per heavy atom. The highest BCUT2D eigenvalue weighted by Crippen LogP contribution is 2.28. The summed E-state index contributed by atoms with van der Waals surface area (Å²) in [4.78, 5) is 23.8. The van der Waals surface area contributed by atoms with Gasteiger partial charge < -0.3 is 5.32 Å². The fraction of sp³-hybridized carbons (Fsp3) is 0.280. The summed E-state index contributed by atoms with van der Waals surface area (Å²) >= 11 is 0. The van der Waals surface area contributed by atoms with Crippen molar-refractivity contribution in [1.29, 1.82) is 0 Å². The first kappa shape index (κ1) is 20.3. The van der Waals surface area contributed by atoms with Gasteiger partial charge in [-0.3, -0.25) is 24.3 Å². The molecule has 0 atom stereocenters. The summed E-state index contributed by atoms with van der Waals surface area (Å²) in [5.41, 5.74) is 5.03. The number of pyridine rings is 2. The highest BCUT2D eigenvalue weighted by Gasteiger charge is 2.23. The first-order chi connectivity index (χ1) is 15.6. The monoisotopic (exact) mass is 426 g/mol. The second kappa shape index (κ2) is 8.88. The molecule has 1 N–H and O–H groups in total. The van der Waals surface area contributed by atoms with Crippen LogP contribution in [0.2, 0.25) is 0 Å². The Labute approximate surface area is 187 Å². The van der Waals surface area contributed by atoms with E-state index in [1.807, 2.05) is 56.0 Å². The van der Waals surface area contributed by atoms with Crippen LogP contribution in [0.5, 0.6) is 0 Å². The quantitative estimate of drug-likeness (QED) is 0.525. The molecule has 4 aromatic rings. The number of anilines is 1. The maximum Gasteiger partial charge on any atom is 0.238 e. The Kier molecular flexibility index (Phi) is 5.64. The highest BCUT2D eigenvalue weighted by molar-refractivity contribution is 5.94. The normalized spacial score (nSPS) is 15.2. The van der Waals surface area contributed by atoms with E-state index in [-0.39, 0.29) is 5.91 Å². The van der Waals surface area contributed by atoms with Gasteiger partial charge in [-0.15, -0.1) is 0 Å². The van der Waals surface area contributed by atoms with Crippen molar-refractivity contribution in [2.24, 2.45) is 7.05 Å². The number of piperidine rings is 1. The number of hydrogen-bond donors (Lipinski definition) is 1. The summed E-state index contributed by atoms with van der Waals surface area (Å²) < 4.78 is 1.80. The minimum atomic E-state index is 0.0191. The van der Waals surface area contributed by atoms with Crippen LogP contribution in [0, 0.1) is 0 Å². The second-order valence-corrected chi connectivity index (χ2v) is 8.38. The molecule has 0 aliphatic carbocycles. The number of benzene rings is 1. The molecule has 0 radical (unpaired) electrons. The average Bonchev–Trinajstić information content (AvgIpc) is 3.26. The number of carbonyl (C=O) groups is 1. The zero-order valence-electron chi connectivity index (χ0n) is 18.1. The van der Waals surface area contributed by atoms with Gasteiger partial charge in [0.05, 0.1) is 18.3 Å². The molecule has 1 aliphatic rings. The molecular formula is C25H26N6O. The van der Waals surface area contributed by atoms with Gasteiger partial charge in [-0.1, -0.05) is 12.1 Å². The van der Waals surface area contributed by atoms with Crippen molar-refractivity contribution in [3.63, 3.8) is 0 Å². The lowest BCUT2D eigenvalue weighted by atomic mass is 9.92. The molecule has 162 valence electrons. The number of nitrogens with zero attached hydrogens (tertiary/aromatic N) is 5. The topological polar surface area (TPSA) is 75.9 Å². The van der Waals surface area contributed by atoms with Crippen LogP contribution in [-0.2, 0) is 11.8 Å². The van der Waals surface area contributed by atoms with Gasteiger partial charge in [0.2, 0.25) is 5.91 Å². The van der Waals surface area contributed by atoms with E-state index in [4.69, 9.17) is 4.98 Å². The molecule has 1 aliphatic heterocycles. The third kappa shape index (κ3) is 4.53. The number of aryl methyl sites for hydroxylation is 1. The van der Waals surface area contributed by atoms with E-state index in [0.717, 1.165) is 59.3 Å². The predicted molar refractivity (Wildman–Crippen MR) is 125 cm³/mol. The molecule has 1 fully saturated rings. The Morgan fingerprint density at radius 2 is 1.94 bits per heavy atom. The first-order valence-electron chi connectivity index (χ1n) is 11.0. The summed E-state index contributed by atoms with van der Waals surface area (Å²) in [6.45, 7) is 2.20. The molecule has 1 amide bonds. The first-order valence-corrected chi connectivity index (χ1v) is 11.0. The molecule has 32 heavy (non-hydrogen) atoms. The number of nitrogens with one attached hydrogen (secondary N) is 1. The second-order valence-electron chi connectivity index (χ2n) is 8.38. The Hall–Kier alpha value is -3.58. The number of aromatic nitrogens is 4. The third-order valence-corrected chi connectivity index (χ3v) is 6.08.